The Labute approximate surface area is 128 Å². The number of aromatic nitrogens is 2. The summed E-state index contributed by atoms with van der Waals surface area (Å²) in [5.41, 5.74) is 0.520. The molecule has 0 aromatic carbocycles. The normalized spacial score (nSPS) is 23.1. The molecule has 0 bridgehead atoms. The van der Waals surface area contributed by atoms with Gasteiger partial charge in [-0.2, -0.15) is 5.10 Å². The average molecular weight is 304 g/mol. The number of piperidine rings is 1. The van der Waals surface area contributed by atoms with Gasteiger partial charge >= 0.3 is 0 Å². The average Bonchev–Trinajstić information content (AvgIpc) is 3.17. The molecule has 0 aliphatic carbocycles. The van der Waals surface area contributed by atoms with Crippen LogP contribution in [0.3, 0.4) is 0 Å². The summed E-state index contributed by atoms with van der Waals surface area (Å²) in [7, 11) is 2.17. The third-order valence-corrected chi connectivity index (χ3v) is 5.05. The van der Waals surface area contributed by atoms with Gasteiger partial charge in [0, 0.05) is 23.7 Å². The van der Waals surface area contributed by atoms with E-state index in [0.29, 0.717) is 24.2 Å². The molecule has 0 unspecified atom stereocenters. The smallest absolute Gasteiger partial charge is 0.269 e. The summed E-state index contributed by atoms with van der Waals surface area (Å²) >= 11 is 1.80. The second kappa shape index (κ2) is 6.41. The summed E-state index contributed by atoms with van der Waals surface area (Å²) < 4.78 is 0. The van der Waals surface area contributed by atoms with Crippen LogP contribution < -0.4 is 5.32 Å². The van der Waals surface area contributed by atoms with Gasteiger partial charge in [0.2, 0.25) is 0 Å². The Kier molecular flexibility index (Phi) is 4.36. The van der Waals surface area contributed by atoms with Crippen LogP contribution in [0.15, 0.2) is 29.8 Å². The van der Waals surface area contributed by atoms with Crippen molar-refractivity contribution < 1.29 is 4.79 Å². The molecular weight excluding hydrogens is 284 g/mol. The largest absolute Gasteiger partial charge is 0.350 e. The standard InChI is InChI=1S/C15H20N4OS/c1-19-8-2-4-11(14(19)13-5-3-9-21-13)10-16-15(20)12-6-7-17-18-12/h3,5-7,9,11,14H,2,4,8,10H2,1H3,(H,16,20)(H,17,18)/t11-,14+/m1/s1. The lowest BCUT2D eigenvalue weighted by Crippen LogP contribution is -2.41. The Hall–Kier alpha value is -1.66. The number of aromatic amines is 1. The zero-order valence-corrected chi connectivity index (χ0v) is 12.9. The van der Waals surface area contributed by atoms with Gasteiger partial charge in [0.1, 0.15) is 5.69 Å². The van der Waals surface area contributed by atoms with Crippen molar-refractivity contribution >= 4 is 17.2 Å². The van der Waals surface area contributed by atoms with Gasteiger partial charge in [-0.3, -0.25) is 14.8 Å². The van der Waals surface area contributed by atoms with E-state index in [2.05, 4.69) is 45.0 Å². The Morgan fingerprint density at radius 1 is 1.57 bits per heavy atom. The number of likely N-dealkylation sites (tertiary alicyclic amines) is 1. The molecule has 1 aliphatic rings. The number of thiophene rings is 1. The molecule has 0 radical (unpaired) electrons. The van der Waals surface area contributed by atoms with E-state index in [4.69, 9.17) is 0 Å². The van der Waals surface area contributed by atoms with Crippen LogP contribution in [-0.2, 0) is 0 Å². The van der Waals surface area contributed by atoms with E-state index in [1.165, 1.54) is 11.3 Å². The molecule has 2 N–H and O–H groups in total. The van der Waals surface area contributed by atoms with E-state index in [0.717, 1.165) is 13.0 Å². The SMILES string of the molecule is CN1CCC[C@H](CNC(=O)c2ccn[nH]2)[C@H]1c1cccs1. The third kappa shape index (κ3) is 3.16. The van der Waals surface area contributed by atoms with Crippen molar-refractivity contribution in [2.75, 3.05) is 20.1 Å². The molecule has 5 nitrogen and oxygen atoms in total. The quantitative estimate of drug-likeness (QED) is 0.911. The van der Waals surface area contributed by atoms with Crippen molar-refractivity contribution in [1.29, 1.82) is 0 Å². The Bertz CT molecular complexity index is 567. The summed E-state index contributed by atoms with van der Waals surface area (Å²) in [5, 5.41) is 11.7. The molecule has 1 fully saturated rings. The van der Waals surface area contributed by atoms with Crippen molar-refractivity contribution in [3.63, 3.8) is 0 Å². The Morgan fingerprint density at radius 2 is 2.48 bits per heavy atom. The van der Waals surface area contributed by atoms with Gasteiger partial charge in [0.05, 0.1) is 0 Å². The zero-order chi connectivity index (χ0) is 14.7. The minimum absolute atomic E-state index is 0.0781. The maximum atomic E-state index is 12.0. The highest BCUT2D eigenvalue weighted by atomic mass is 32.1. The summed E-state index contributed by atoms with van der Waals surface area (Å²) in [6.45, 7) is 1.82. The lowest BCUT2D eigenvalue weighted by Gasteiger charge is -2.38. The molecule has 3 heterocycles. The monoisotopic (exact) mass is 304 g/mol. The fourth-order valence-corrected chi connectivity index (χ4v) is 4.07. The summed E-state index contributed by atoms with van der Waals surface area (Å²) in [6.07, 6.45) is 3.93. The van der Waals surface area contributed by atoms with E-state index in [9.17, 15) is 4.79 Å². The Balaban J connectivity index is 1.66. The fourth-order valence-electron chi connectivity index (χ4n) is 3.08. The highest BCUT2D eigenvalue weighted by molar-refractivity contribution is 7.10. The van der Waals surface area contributed by atoms with Crippen molar-refractivity contribution in [3.05, 3.63) is 40.3 Å². The van der Waals surface area contributed by atoms with Gasteiger partial charge in [0.15, 0.2) is 0 Å². The van der Waals surface area contributed by atoms with E-state index in [-0.39, 0.29) is 5.91 Å². The third-order valence-electron chi connectivity index (χ3n) is 4.11. The van der Waals surface area contributed by atoms with Crippen LogP contribution in [-0.4, -0.2) is 41.1 Å². The van der Waals surface area contributed by atoms with Crippen molar-refractivity contribution in [2.45, 2.75) is 18.9 Å². The van der Waals surface area contributed by atoms with E-state index in [1.807, 2.05) is 0 Å². The minimum Gasteiger partial charge on any atom is -0.350 e. The zero-order valence-electron chi connectivity index (χ0n) is 12.1. The van der Waals surface area contributed by atoms with Gasteiger partial charge in [-0.15, -0.1) is 11.3 Å². The number of nitrogens with one attached hydrogen (secondary N) is 2. The number of hydrogen-bond donors (Lipinski definition) is 2. The highest BCUT2D eigenvalue weighted by Gasteiger charge is 2.31. The molecule has 2 aromatic rings. The summed E-state index contributed by atoms with van der Waals surface area (Å²) in [4.78, 5) is 15.8. The van der Waals surface area contributed by atoms with Crippen LogP contribution in [0.4, 0.5) is 0 Å². The van der Waals surface area contributed by atoms with Gasteiger partial charge in [-0.1, -0.05) is 6.07 Å². The maximum Gasteiger partial charge on any atom is 0.269 e. The Morgan fingerprint density at radius 3 is 3.19 bits per heavy atom. The molecule has 3 rings (SSSR count). The first kappa shape index (κ1) is 14.3. The molecule has 0 saturated carbocycles. The predicted molar refractivity (Wildman–Crippen MR) is 83.3 cm³/mol. The molecule has 1 saturated heterocycles. The first-order valence-corrected chi connectivity index (χ1v) is 8.15. The number of carbonyl (C=O) groups is 1. The van der Waals surface area contributed by atoms with Crippen LogP contribution in [0.25, 0.3) is 0 Å². The van der Waals surface area contributed by atoms with Crippen LogP contribution in [0.2, 0.25) is 0 Å². The van der Waals surface area contributed by atoms with Gasteiger partial charge in [-0.25, -0.2) is 0 Å². The van der Waals surface area contributed by atoms with E-state index in [1.54, 1.807) is 23.6 Å². The molecule has 21 heavy (non-hydrogen) atoms. The number of hydrogen-bond acceptors (Lipinski definition) is 4. The molecule has 2 atom stereocenters. The van der Waals surface area contributed by atoms with E-state index >= 15 is 0 Å². The van der Waals surface area contributed by atoms with Crippen LogP contribution in [0.1, 0.15) is 34.2 Å². The summed E-state index contributed by atoms with van der Waals surface area (Å²) in [6, 6.07) is 6.39. The van der Waals surface area contributed by atoms with Crippen molar-refractivity contribution in [1.82, 2.24) is 20.4 Å². The maximum absolute atomic E-state index is 12.0. The molecule has 2 aromatic heterocycles. The number of nitrogens with zero attached hydrogens (tertiary/aromatic N) is 2. The minimum atomic E-state index is -0.0781. The molecule has 1 aliphatic heterocycles. The first-order chi connectivity index (χ1) is 10.3. The van der Waals surface area contributed by atoms with E-state index < -0.39 is 0 Å². The molecule has 0 spiro atoms. The number of carbonyl (C=O) groups excluding carboxylic acids is 1. The van der Waals surface area contributed by atoms with Crippen LogP contribution in [0, 0.1) is 5.92 Å². The molecule has 1 amide bonds. The lowest BCUT2D eigenvalue weighted by molar-refractivity contribution is 0.0891. The number of H-pyrrole nitrogens is 1. The molecule has 6 heteroatoms. The topological polar surface area (TPSA) is 61.0 Å². The van der Waals surface area contributed by atoms with Gasteiger partial charge in [0.25, 0.3) is 5.91 Å². The van der Waals surface area contributed by atoms with Crippen LogP contribution in [0.5, 0.6) is 0 Å². The predicted octanol–water partition coefficient (Wildman–Crippen LogP) is 2.28. The molecule has 112 valence electrons. The number of rotatable bonds is 4. The van der Waals surface area contributed by atoms with Gasteiger partial charge < -0.3 is 5.32 Å². The van der Waals surface area contributed by atoms with Crippen molar-refractivity contribution in [3.8, 4) is 0 Å². The number of amides is 1. The van der Waals surface area contributed by atoms with Crippen LogP contribution >= 0.6 is 11.3 Å². The fraction of sp³-hybridized carbons (Fsp3) is 0.467. The highest BCUT2D eigenvalue weighted by Crippen LogP contribution is 2.36. The van der Waals surface area contributed by atoms with Crippen molar-refractivity contribution in [2.24, 2.45) is 5.92 Å². The second-order valence-electron chi connectivity index (χ2n) is 5.52. The lowest BCUT2D eigenvalue weighted by atomic mass is 9.88. The second-order valence-corrected chi connectivity index (χ2v) is 6.50. The first-order valence-electron chi connectivity index (χ1n) is 7.27. The molecular formula is C15H20N4OS. The summed E-state index contributed by atoms with van der Waals surface area (Å²) in [5.74, 6) is 0.375. The van der Waals surface area contributed by atoms with Gasteiger partial charge in [-0.05, 0) is 49.9 Å².